The van der Waals surface area contributed by atoms with Crippen LogP contribution in [0.2, 0.25) is 0 Å². The summed E-state index contributed by atoms with van der Waals surface area (Å²) in [5, 5.41) is 3.45. The zero-order chi connectivity index (χ0) is 15.0. The predicted molar refractivity (Wildman–Crippen MR) is 89.5 cm³/mol. The van der Waals surface area contributed by atoms with Crippen molar-refractivity contribution in [1.82, 2.24) is 0 Å². The van der Waals surface area contributed by atoms with Crippen molar-refractivity contribution in [2.75, 3.05) is 25.1 Å². The first-order chi connectivity index (χ1) is 10.9. The zero-order valence-corrected chi connectivity index (χ0v) is 12.8. The number of ether oxygens (including phenoxy) is 2. The van der Waals surface area contributed by atoms with Crippen molar-refractivity contribution in [3.63, 3.8) is 0 Å². The van der Waals surface area contributed by atoms with Gasteiger partial charge >= 0.3 is 0 Å². The van der Waals surface area contributed by atoms with Gasteiger partial charge in [-0.1, -0.05) is 36.4 Å². The lowest BCUT2D eigenvalue weighted by Gasteiger charge is -2.13. The molecule has 1 fully saturated rings. The third-order valence-corrected chi connectivity index (χ3v) is 3.88. The lowest BCUT2D eigenvalue weighted by atomic mass is 10.1. The van der Waals surface area contributed by atoms with E-state index in [0.29, 0.717) is 6.61 Å². The average Bonchev–Trinajstić information content (AvgIpc) is 3.08. The molecule has 0 aliphatic carbocycles. The second-order valence-electron chi connectivity index (χ2n) is 5.64. The fraction of sp³-hybridized carbons (Fsp3) is 0.368. The van der Waals surface area contributed by atoms with E-state index >= 15 is 0 Å². The van der Waals surface area contributed by atoms with Gasteiger partial charge in [0.15, 0.2) is 0 Å². The Morgan fingerprint density at radius 2 is 2.00 bits per heavy atom. The van der Waals surface area contributed by atoms with Gasteiger partial charge in [-0.2, -0.15) is 0 Å². The largest absolute Gasteiger partial charge is 0.491 e. The molecule has 1 unspecified atom stereocenters. The highest BCUT2D eigenvalue weighted by molar-refractivity contribution is 5.48. The van der Waals surface area contributed by atoms with Crippen molar-refractivity contribution in [2.45, 2.75) is 25.4 Å². The van der Waals surface area contributed by atoms with Gasteiger partial charge in [-0.25, -0.2) is 0 Å². The Morgan fingerprint density at radius 3 is 2.82 bits per heavy atom. The Kier molecular flexibility index (Phi) is 5.32. The lowest BCUT2D eigenvalue weighted by Crippen LogP contribution is -2.16. The van der Waals surface area contributed by atoms with E-state index < -0.39 is 0 Å². The first kappa shape index (κ1) is 14.9. The number of hydrogen-bond acceptors (Lipinski definition) is 3. The van der Waals surface area contributed by atoms with Crippen LogP contribution < -0.4 is 10.1 Å². The third-order valence-electron chi connectivity index (χ3n) is 3.88. The second-order valence-corrected chi connectivity index (χ2v) is 5.64. The van der Waals surface area contributed by atoms with Crippen LogP contribution in [0.1, 0.15) is 18.4 Å². The Morgan fingerprint density at radius 1 is 1.09 bits per heavy atom. The summed E-state index contributed by atoms with van der Waals surface area (Å²) in [7, 11) is 0. The molecule has 3 heteroatoms. The van der Waals surface area contributed by atoms with Gasteiger partial charge in [0.1, 0.15) is 12.4 Å². The Balaban J connectivity index is 1.46. The van der Waals surface area contributed by atoms with Gasteiger partial charge in [-0.3, -0.25) is 0 Å². The van der Waals surface area contributed by atoms with Crippen molar-refractivity contribution < 1.29 is 9.47 Å². The normalized spacial score (nSPS) is 17.4. The summed E-state index contributed by atoms with van der Waals surface area (Å²) in [5.74, 6) is 0.903. The van der Waals surface area contributed by atoms with Gasteiger partial charge in [-0.15, -0.1) is 0 Å². The van der Waals surface area contributed by atoms with Crippen molar-refractivity contribution in [1.29, 1.82) is 0 Å². The van der Waals surface area contributed by atoms with Crippen LogP contribution in [-0.4, -0.2) is 25.9 Å². The minimum absolute atomic E-state index is 0.259. The quantitative estimate of drug-likeness (QED) is 0.841. The Hall–Kier alpha value is -2.00. The van der Waals surface area contributed by atoms with E-state index in [1.165, 1.54) is 5.56 Å². The number of anilines is 1. The van der Waals surface area contributed by atoms with E-state index in [4.69, 9.17) is 9.47 Å². The summed E-state index contributed by atoms with van der Waals surface area (Å²) in [6, 6.07) is 18.7. The average molecular weight is 297 g/mol. The van der Waals surface area contributed by atoms with Gasteiger partial charge in [0.05, 0.1) is 6.10 Å². The molecule has 0 aromatic heterocycles. The van der Waals surface area contributed by atoms with Gasteiger partial charge in [0.2, 0.25) is 0 Å². The monoisotopic (exact) mass is 297 g/mol. The lowest BCUT2D eigenvalue weighted by molar-refractivity contribution is 0.0680. The van der Waals surface area contributed by atoms with Crippen molar-refractivity contribution in [3.8, 4) is 5.75 Å². The molecule has 0 bridgehead atoms. The van der Waals surface area contributed by atoms with Crippen LogP contribution in [-0.2, 0) is 11.2 Å². The molecule has 1 N–H and O–H groups in total. The van der Waals surface area contributed by atoms with E-state index in [0.717, 1.165) is 43.9 Å². The number of benzene rings is 2. The van der Waals surface area contributed by atoms with Crippen LogP contribution in [0.15, 0.2) is 54.6 Å². The summed E-state index contributed by atoms with van der Waals surface area (Å²) in [4.78, 5) is 0. The van der Waals surface area contributed by atoms with Crippen LogP contribution in [0.25, 0.3) is 0 Å². The molecule has 3 rings (SSSR count). The summed E-state index contributed by atoms with van der Waals surface area (Å²) in [6.45, 7) is 2.43. The SMILES string of the molecule is c1ccc(CCNc2cccc(OCC3CCCO3)c2)cc1. The Labute approximate surface area is 132 Å². The highest BCUT2D eigenvalue weighted by Crippen LogP contribution is 2.19. The standard InChI is InChI=1S/C19H23NO2/c1-2-6-16(7-3-1)11-12-20-17-8-4-9-18(14-17)22-15-19-10-5-13-21-19/h1-4,6-9,14,19-20H,5,10-13,15H2. The highest BCUT2D eigenvalue weighted by Gasteiger charge is 2.15. The molecule has 0 saturated carbocycles. The minimum Gasteiger partial charge on any atom is -0.491 e. The molecule has 0 radical (unpaired) electrons. The van der Waals surface area contributed by atoms with Crippen molar-refractivity contribution in [3.05, 3.63) is 60.2 Å². The van der Waals surface area contributed by atoms with Crippen molar-refractivity contribution in [2.24, 2.45) is 0 Å². The van der Waals surface area contributed by atoms with Crippen LogP contribution in [0.4, 0.5) is 5.69 Å². The molecule has 2 aromatic rings. The molecule has 116 valence electrons. The number of hydrogen-bond donors (Lipinski definition) is 1. The van der Waals surface area contributed by atoms with Crippen molar-refractivity contribution >= 4 is 5.69 Å². The van der Waals surface area contributed by atoms with Crippen LogP contribution >= 0.6 is 0 Å². The van der Waals surface area contributed by atoms with E-state index in [1.807, 2.05) is 18.2 Å². The maximum absolute atomic E-state index is 5.83. The maximum atomic E-state index is 5.83. The molecule has 3 nitrogen and oxygen atoms in total. The first-order valence-electron chi connectivity index (χ1n) is 8.02. The molecule has 1 heterocycles. The van der Waals surface area contributed by atoms with E-state index in [2.05, 4.69) is 41.7 Å². The van der Waals surface area contributed by atoms with E-state index in [-0.39, 0.29) is 6.10 Å². The fourth-order valence-corrected chi connectivity index (χ4v) is 2.66. The fourth-order valence-electron chi connectivity index (χ4n) is 2.66. The summed E-state index contributed by atoms with van der Waals surface area (Å²) >= 11 is 0. The highest BCUT2D eigenvalue weighted by atomic mass is 16.5. The van der Waals surface area contributed by atoms with Crippen LogP contribution in [0.3, 0.4) is 0 Å². The van der Waals surface area contributed by atoms with Crippen LogP contribution in [0, 0.1) is 0 Å². The first-order valence-corrected chi connectivity index (χ1v) is 8.02. The van der Waals surface area contributed by atoms with Gasteiger partial charge in [-0.05, 0) is 37.0 Å². The molecule has 1 aliphatic heterocycles. The van der Waals surface area contributed by atoms with Gasteiger partial charge in [0, 0.05) is 24.9 Å². The number of rotatable bonds is 7. The molecule has 1 saturated heterocycles. The Bertz CT molecular complexity index is 565. The second kappa shape index (κ2) is 7.85. The molecule has 2 aromatic carbocycles. The predicted octanol–water partition coefficient (Wildman–Crippen LogP) is 3.90. The molecule has 22 heavy (non-hydrogen) atoms. The molecular weight excluding hydrogens is 274 g/mol. The minimum atomic E-state index is 0.259. The third kappa shape index (κ3) is 4.50. The molecule has 1 aliphatic rings. The van der Waals surface area contributed by atoms with Crippen LogP contribution in [0.5, 0.6) is 5.75 Å². The molecule has 1 atom stereocenters. The molecular formula is C19H23NO2. The van der Waals surface area contributed by atoms with Gasteiger partial charge in [0.25, 0.3) is 0 Å². The maximum Gasteiger partial charge on any atom is 0.121 e. The number of nitrogens with one attached hydrogen (secondary N) is 1. The summed E-state index contributed by atoms with van der Waals surface area (Å²) < 4.78 is 11.4. The summed E-state index contributed by atoms with van der Waals surface area (Å²) in [5.41, 5.74) is 2.45. The molecule has 0 amide bonds. The van der Waals surface area contributed by atoms with E-state index in [1.54, 1.807) is 0 Å². The topological polar surface area (TPSA) is 30.5 Å². The van der Waals surface area contributed by atoms with E-state index in [9.17, 15) is 0 Å². The smallest absolute Gasteiger partial charge is 0.121 e. The summed E-state index contributed by atoms with van der Waals surface area (Å²) in [6.07, 6.45) is 3.53. The van der Waals surface area contributed by atoms with Gasteiger partial charge < -0.3 is 14.8 Å². The zero-order valence-electron chi connectivity index (χ0n) is 12.8. The molecule has 0 spiro atoms.